The van der Waals surface area contributed by atoms with E-state index < -0.39 is 0 Å². The van der Waals surface area contributed by atoms with Crippen molar-refractivity contribution in [2.24, 2.45) is 5.73 Å². The predicted octanol–water partition coefficient (Wildman–Crippen LogP) is 2.02. The molecule has 0 radical (unpaired) electrons. The van der Waals surface area contributed by atoms with Crippen LogP contribution >= 0.6 is 11.3 Å². The summed E-state index contributed by atoms with van der Waals surface area (Å²) in [5.41, 5.74) is 5.50. The summed E-state index contributed by atoms with van der Waals surface area (Å²) >= 11 is 1.81. The molecule has 0 aromatic carbocycles. The Kier molecular flexibility index (Phi) is 4.18. The van der Waals surface area contributed by atoms with Gasteiger partial charge in [-0.3, -0.25) is 4.79 Å². The third-order valence-corrected chi connectivity index (χ3v) is 4.78. The molecule has 1 aromatic rings. The molecule has 1 aliphatic rings. The van der Waals surface area contributed by atoms with E-state index in [0.717, 1.165) is 6.54 Å². The zero-order valence-corrected chi connectivity index (χ0v) is 10.9. The first-order valence-corrected chi connectivity index (χ1v) is 7.15. The van der Waals surface area contributed by atoms with Crippen molar-refractivity contribution in [2.45, 2.75) is 37.5 Å². The third kappa shape index (κ3) is 2.87. The number of nitrogens with two attached hydrogens (primary N) is 1. The smallest absolute Gasteiger partial charge is 0.233 e. The van der Waals surface area contributed by atoms with Gasteiger partial charge in [0.15, 0.2) is 0 Å². The maximum atomic E-state index is 11.3. The van der Waals surface area contributed by atoms with Gasteiger partial charge in [0.2, 0.25) is 5.91 Å². The fourth-order valence-corrected chi connectivity index (χ4v) is 3.65. The van der Waals surface area contributed by atoms with E-state index in [9.17, 15) is 4.79 Å². The van der Waals surface area contributed by atoms with E-state index in [0.29, 0.717) is 0 Å². The molecule has 1 saturated carbocycles. The van der Waals surface area contributed by atoms with E-state index in [1.54, 1.807) is 11.3 Å². The van der Waals surface area contributed by atoms with Crippen LogP contribution in [0, 0.1) is 0 Å². The van der Waals surface area contributed by atoms with Gasteiger partial charge < -0.3 is 11.1 Å². The van der Waals surface area contributed by atoms with Crippen LogP contribution < -0.4 is 11.1 Å². The Morgan fingerprint density at radius 3 is 2.76 bits per heavy atom. The summed E-state index contributed by atoms with van der Waals surface area (Å²) in [6.45, 7) is 0.823. The summed E-state index contributed by atoms with van der Waals surface area (Å²) in [6.07, 6.45) is 6.20. The molecular weight excluding hydrogens is 232 g/mol. The van der Waals surface area contributed by atoms with Gasteiger partial charge in [0.25, 0.3) is 0 Å². The lowest BCUT2D eigenvalue weighted by atomic mass is 9.73. The van der Waals surface area contributed by atoms with Crippen LogP contribution in [0.4, 0.5) is 0 Å². The van der Waals surface area contributed by atoms with Gasteiger partial charge in [-0.2, -0.15) is 0 Å². The summed E-state index contributed by atoms with van der Waals surface area (Å²) in [5, 5.41) is 5.10. The molecule has 2 rings (SSSR count). The third-order valence-electron chi connectivity index (χ3n) is 3.66. The second-order valence-corrected chi connectivity index (χ2v) is 5.75. The van der Waals surface area contributed by atoms with Crippen LogP contribution in [0.3, 0.4) is 0 Å². The quantitative estimate of drug-likeness (QED) is 0.861. The summed E-state index contributed by atoms with van der Waals surface area (Å²) in [6, 6.07) is 4.30. The largest absolute Gasteiger partial charge is 0.354 e. The first kappa shape index (κ1) is 12.6. The fraction of sp³-hybridized carbons (Fsp3) is 0.615. The SMILES string of the molecule is NCC(=O)NCC1(c2cccs2)CCCCC1. The molecule has 1 aromatic heterocycles. The highest BCUT2D eigenvalue weighted by Gasteiger charge is 2.34. The lowest BCUT2D eigenvalue weighted by Crippen LogP contribution is -2.43. The molecule has 3 N–H and O–H groups in total. The second-order valence-electron chi connectivity index (χ2n) is 4.80. The maximum absolute atomic E-state index is 11.3. The highest BCUT2D eigenvalue weighted by atomic mass is 32.1. The molecule has 1 amide bonds. The van der Waals surface area contributed by atoms with Crippen molar-refractivity contribution in [3.63, 3.8) is 0 Å². The van der Waals surface area contributed by atoms with Crippen LogP contribution in [0.25, 0.3) is 0 Å². The van der Waals surface area contributed by atoms with Crippen molar-refractivity contribution in [1.82, 2.24) is 5.32 Å². The van der Waals surface area contributed by atoms with E-state index in [-0.39, 0.29) is 17.9 Å². The molecule has 0 saturated heterocycles. The van der Waals surface area contributed by atoms with Crippen molar-refractivity contribution in [3.8, 4) is 0 Å². The zero-order valence-electron chi connectivity index (χ0n) is 10.1. The molecule has 94 valence electrons. The van der Waals surface area contributed by atoms with E-state index in [1.165, 1.54) is 37.0 Å². The topological polar surface area (TPSA) is 55.1 Å². The number of nitrogens with one attached hydrogen (secondary N) is 1. The molecule has 0 atom stereocenters. The maximum Gasteiger partial charge on any atom is 0.233 e. The lowest BCUT2D eigenvalue weighted by molar-refractivity contribution is -0.120. The Bertz CT molecular complexity index is 356. The van der Waals surface area contributed by atoms with Crippen LogP contribution in [-0.2, 0) is 10.2 Å². The molecule has 0 aliphatic heterocycles. The van der Waals surface area contributed by atoms with Crippen molar-refractivity contribution in [1.29, 1.82) is 0 Å². The molecule has 0 bridgehead atoms. The van der Waals surface area contributed by atoms with Crippen LogP contribution in [0.5, 0.6) is 0 Å². The second kappa shape index (κ2) is 5.65. The molecule has 0 spiro atoms. The molecule has 1 heterocycles. The van der Waals surface area contributed by atoms with Gasteiger partial charge in [0.05, 0.1) is 6.54 Å². The highest BCUT2D eigenvalue weighted by Crippen LogP contribution is 2.40. The van der Waals surface area contributed by atoms with Crippen LogP contribution in [0.15, 0.2) is 17.5 Å². The van der Waals surface area contributed by atoms with E-state index in [1.807, 2.05) is 0 Å². The van der Waals surface area contributed by atoms with Crippen LogP contribution in [-0.4, -0.2) is 19.0 Å². The Hall–Kier alpha value is -0.870. The van der Waals surface area contributed by atoms with Crippen molar-refractivity contribution in [3.05, 3.63) is 22.4 Å². The number of rotatable bonds is 4. The van der Waals surface area contributed by atoms with Crippen molar-refractivity contribution < 1.29 is 4.79 Å². The Labute approximate surface area is 106 Å². The minimum atomic E-state index is -0.0495. The first-order valence-electron chi connectivity index (χ1n) is 6.28. The van der Waals surface area contributed by atoms with Crippen molar-refractivity contribution in [2.75, 3.05) is 13.1 Å². The number of amides is 1. The normalized spacial score (nSPS) is 18.9. The fourth-order valence-electron chi connectivity index (χ4n) is 2.66. The molecule has 0 unspecified atom stereocenters. The van der Waals surface area contributed by atoms with Gasteiger partial charge in [-0.05, 0) is 24.3 Å². The summed E-state index contributed by atoms with van der Waals surface area (Å²) in [5.74, 6) is -0.0495. The minimum Gasteiger partial charge on any atom is -0.354 e. The van der Waals surface area contributed by atoms with Gasteiger partial charge in [-0.15, -0.1) is 11.3 Å². The predicted molar refractivity (Wildman–Crippen MR) is 71.1 cm³/mol. The highest BCUT2D eigenvalue weighted by molar-refractivity contribution is 7.10. The first-order chi connectivity index (χ1) is 8.27. The summed E-state index contributed by atoms with van der Waals surface area (Å²) in [7, 11) is 0. The van der Waals surface area contributed by atoms with Gasteiger partial charge in [-0.25, -0.2) is 0 Å². The number of thiophene rings is 1. The van der Waals surface area contributed by atoms with Crippen molar-refractivity contribution >= 4 is 17.2 Å². The van der Waals surface area contributed by atoms with Crippen LogP contribution in [0.1, 0.15) is 37.0 Å². The number of carbonyl (C=O) groups excluding carboxylic acids is 1. The van der Waals surface area contributed by atoms with Gasteiger partial charge in [-0.1, -0.05) is 25.3 Å². The molecule has 1 fully saturated rings. The standard InChI is InChI=1S/C13H20N2OS/c14-9-12(16)15-10-13(6-2-1-3-7-13)11-5-4-8-17-11/h4-5,8H,1-3,6-7,9-10,14H2,(H,15,16). The molecule has 4 heteroatoms. The van der Waals surface area contributed by atoms with Gasteiger partial charge >= 0.3 is 0 Å². The molecule has 3 nitrogen and oxygen atoms in total. The van der Waals surface area contributed by atoms with Gasteiger partial charge in [0, 0.05) is 16.8 Å². The zero-order chi connectivity index (χ0) is 12.1. The molecular formula is C13H20N2OS. The Morgan fingerprint density at radius 1 is 1.41 bits per heavy atom. The monoisotopic (exact) mass is 252 g/mol. The van der Waals surface area contributed by atoms with Crippen LogP contribution in [0.2, 0.25) is 0 Å². The average Bonchev–Trinajstić information content (AvgIpc) is 2.91. The van der Waals surface area contributed by atoms with E-state index >= 15 is 0 Å². The minimum absolute atomic E-state index is 0.0495. The van der Waals surface area contributed by atoms with Gasteiger partial charge in [0.1, 0.15) is 0 Å². The summed E-state index contributed by atoms with van der Waals surface area (Å²) < 4.78 is 0. The average molecular weight is 252 g/mol. The Morgan fingerprint density at radius 2 is 2.18 bits per heavy atom. The number of hydrogen-bond donors (Lipinski definition) is 2. The van der Waals surface area contributed by atoms with E-state index in [2.05, 4.69) is 22.8 Å². The molecule has 1 aliphatic carbocycles. The number of hydrogen-bond acceptors (Lipinski definition) is 3. The molecule has 17 heavy (non-hydrogen) atoms. The Balaban J connectivity index is 2.10. The van der Waals surface area contributed by atoms with E-state index in [4.69, 9.17) is 5.73 Å². The lowest BCUT2D eigenvalue weighted by Gasteiger charge is -2.36. The number of carbonyl (C=O) groups is 1. The summed E-state index contributed by atoms with van der Waals surface area (Å²) in [4.78, 5) is 12.7.